The van der Waals surface area contributed by atoms with E-state index in [1.54, 1.807) is 13.1 Å². The fraction of sp³-hybridized carbons (Fsp3) is 0.167. The van der Waals surface area contributed by atoms with Gasteiger partial charge in [-0.1, -0.05) is 0 Å². The summed E-state index contributed by atoms with van der Waals surface area (Å²) in [7, 11) is 0. The van der Waals surface area contributed by atoms with Crippen molar-refractivity contribution in [2.24, 2.45) is 0 Å². The summed E-state index contributed by atoms with van der Waals surface area (Å²) < 4.78 is 1.44. The van der Waals surface area contributed by atoms with Crippen LogP contribution in [0.5, 0.6) is 0 Å². The highest BCUT2D eigenvalue weighted by molar-refractivity contribution is 7.12. The first-order valence-electron chi connectivity index (χ1n) is 3.33. The van der Waals surface area contributed by atoms with Gasteiger partial charge in [-0.3, -0.25) is 0 Å². The predicted molar refractivity (Wildman–Crippen MR) is 44.6 cm³/mol. The van der Waals surface area contributed by atoms with Crippen LogP contribution in [0, 0.1) is 6.92 Å². The van der Waals surface area contributed by atoms with Crippen molar-refractivity contribution in [1.82, 2.24) is 19.7 Å². The van der Waals surface area contributed by atoms with E-state index < -0.39 is 0 Å². The quantitative estimate of drug-likeness (QED) is 0.691. The standard InChI is InChI=1S/C6H6N4OS/c1-4-8-9-5(11)10(4)6-7-2-3-12-6/h2-3H,1H3,(H,9,11). The highest BCUT2D eigenvalue weighted by atomic mass is 32.1. The van der Waals surface area contributed by atoms with Crippen molar-refractivity contribution in [3.63, 3.8) is 0 Å². The number of hydrogen-bond acceptors (Lipinski definition) is 4. The maximum atomic E-state index is 11.1. The molecular weight excluding hydrogens is 176 g/mol. The molecule has 2 rings (SSSR count). The van der Waals surface area contributed by atoms with Crippen LogP contribution in [0.2, 0.25) is 0 Å². The number of rotatable bonds is 1. The van der Waals surface area contributed by atoms with Gasteiger partial charge < -0.3 is 0 Å². The zero-order valence-corrected chi connectivity index (χ0v) is 7.13. The third-order valence-corrected chi connectivity index (χ3v) is 2.21. The van der Waals surface area contributed by atoms with Gasteiger partial charge >= 0.3 is 5.69 Å². The lowest BCUT2D eigenvalue weighted by molar-refractivity contribution is 0.930. The molecule has 2 aromatic heterocycles. The average Bonchev–Trinajstić information content (AvgIpc) is 2.61. The molecule has 12 heavy (non-hydrogen) atoms. The zero-order chi connectivity index (χ0) is 8.55. The molecule has 0 amide bonds. The summed E-state index contributed by atoms with van der Waals surface area (Å²) in [6, 6.07) is 0. The molecule has 0 aromatic carbocycles. The van der Waals surface area contributed by atoms with Gasteiger partial charge in [-0.05, 0) is 6.92 Å². The molecule has 0 saturated heterocycles. The molecule has 0 saturated carbocycles. The minimum atomic E-state index is -0.248. The summed E-state index contributed by atoms with van der Waals surface area (Å²) in [5.74, 6) is 0.620. The number of thiazole rings is 1. The zero-order valence-electron chi connectivity index (χ0n) is 6.31. The largest absolute Gasteiger partial charge is 0.349 e. The second-order valence-electron chi connectivity index (χ2n) is 2.23. The van der Waals surface area contributed by atoms with E-state index >= 15 is 0 Å². The lowest BCUT2D eigenvalue weighted by Crippen LogP contribution is -2.15. The number of hydrogen-bond donors (Lipinski definition) is 1. The van der Waals surface area contributed by atoms with Crippen molar-refractivity contribution in [2.75, 3.05) is 0 Å². The van der Waals surface area contributed by atoms with E-state index in [-0.39, 0.29) is 5.69 Å². The van der Waals surface area contributed by atoms with Gasteiger partial charge in [-0.2, -0.15) is 5.10 Å². The van der Waals surface area contributed by atoms with Crippen LogP contribution in [-0.2, 0) is 0 Å². The molecule has 0 aliphatic carbocycles. The Bertz CT molecular complexity index is 427. The first kappa shape index (κ1) is 7.23. The predicted octanol–water partition coefficient (Wildman–Crippen LogP) is 0.326. The highest BCUT2D eigenvalue weighted by Gasteiger charge is 2.06. The SMILES string of the molecule is Cc1n[nH]c(=O)n1-c1nccs1. The van der Waals surface area contributed by atoms with Crippen molar-refractivity contribution in [3.05, 3.63) is 27.9 Å². The Morgan fingerprint density at radius 2 is 2.50 bits per heavy atom. The number of H-pyrrole nitrogens is 1. The van der Waals surface area contributed by atoms with Gasteiger partial charge in [0.2, 0.25) is 0 Å². The molecule has 2 aromatic rings. The Kier molecular flexibility index (Phi) is 1.54. The topological polar surface area (TPSA) is 63.6 Å². The van der Waals surface area contributed by atoms with Crippen molar-refractivity contribution >= 4 is 11.3 Å². The van der Waals surface area contributed by atoms with Gasteiger partial charge in [0.15, 0.2) is 5.13 Å². The Hall–Kier alpha value is -1.43. The van der Waals surface area contributed by atoms with Crippen molar-refractivity contribution in [1.29, 1.82) is 0 Å². The first-order chi connectivity index (χ1) is 5.79. The summed E-state index contributed by atoms with van der Waals surface area (Å²) in [6.45, 7) is 1.75. The lowest BCUT2D eigenvalue weighted by atomic mass is 10.7. The van der Waals surface area contributed by atoms with Gasteiger partial charge in [0, 0.05) is 11.6 Å². The molecule has 1 N–H and O–H groups in total. The van der Waals surface area contributed by atoms with Gasteiger partial charge in [-0.25, -0.2) is 19.4 Å². The van der Waals surface area contributed by atoms with Crippen LogP contribution in [0.15, 0.2) is 16.4 Å². The third-order valence-electron chi connectivity index (χ3n) is 1.45. The fourth-order valence-corrected chi connectivity index (χ4v) is 1.61. The average molecular weight is 182 g/mol. The van der Waals surface area contributed by atoms with Crippen LogP contribution >= 0.6 is 11.3 Å². The summed E-state index contributed by atoms with van der Waals surface area (Å²) in [5, 5.41) is 8.57. The highest BCUT2D eigenvalue weighted by Crippen LogP contribution is 2.08. The Labute approximate surface area is 71.7 Å². The summed E-state index contributed by atoms with van der Waals surface area (Å²) in [6.07, 6.45) is 1.65. The molecule has 0 aliphatic rings. The first-order valence-corrected chi connectivity index (χ1v) is 4.21. The molecule has 0 atom stereocenters. The van der Waals surface area contributed by atoms with E-state index in [9.17, 15) is 4.79 Å². The van der Waals surface area contributed by atoms with Crippen molar-refractivity contribution < 1.29 is 0 Å². The van der Waals surface area contributed by atoms with Gasteiger partial charge in [0.05, 0.1) is 0 Å². The summed E-state index contributed by atoms with van der Waals surface area (Å²) in [4.78, 5) is 15.2. The molecule has 5 nitrogen and oxygen atoms in total. The van der Waals surface area contributed by atoms with E-state index in [4.69, 9.17) is 0 Å². The second kappa shape index (κ2) is 2.56. The molecule has 0 unspecified atom stereocenters. The molecule has 0 radical (unpaired) electrons. The van der Waals surface area contributed by atoms with Gasteiger partial charge in [-0.15, -0.1) is 11.3 Å². The number of aryl methyl sites for hydroxylation is 1. The number of nitrogens with zero attached hydrogens (tertiary/aromatic N) is 3. The number of aromatic nitrogens is 4. The van der Waals surface area contributed by atoms with Crippen LogP contribution < -0.4 is 5.69 Å². The number of aromatic amines is 1. The molecule has 62 valence electrons. The second-order valence-corrected chi connectivity index (χ2v) is 3.10. The maximum Gasteiger partial charge on any atom is 0.349 e. The molecule has 0 bridgehead atoms. The molecule has 6 heteroatoms. The van der Waals surface area contributed by atoms with E-state index in [2.05, 4.69) is 15.2 Å². The van der Waals surface area contributed by atoms with Crippen LogP contribution in [0.1, 0.15) is 5.82 Å². The molecular formula is C6H6N4OS. The molecule has 0 spiro atoms. The van der Waals surface area contributed by atoms with E-state index in [0.717, 1.165) is 0 Å². The van der Waals surface area contributed by atoms with E-state index in [0.29, 0.717) is 11.0 Å². The summed E-state index contributed by atoms with van der Waals surface area (Å²) >= 11 is 1.40. The maximum absolute atomic E-state index is 11.1. The monoisotopic (exact) mass is 182 g/mol. The fourth-order valence-electron chi connectivity index (χ4n) is 0.927. The smallest absolute Gasteiger partial charge is 0.246 e. The Balaban J connectivity index is 2.68. The van der Waals surface area contributed by atoms with Crippen LogP contribution in [-0.4, -0.2) is 19.7 Å². The van der Waals surface area contributed by atoms with Crippen LogP contribution in [0.25, 0.3) is 5.13 Å². The molecule has 2 heterocycles. The molecule has 0 fully saturated rings. The van der Waals surface area contributed by atoms with Crippen molar-refractivity contribution in [3.8, 4) is 5.13 Å². The third kappa shape index (κ3) is 0.964. The molecule has 0 aliphatic heterocycles. The van der Waals surface area contributed by atoms with Gasteiger partial charge in [0.25, 0.3) is 0 Å². The number of nitrogens with one attached hydrogen (secondary N) is 1. The minimum absolute atomic E-state index is 0.248. The Morgan fingerprint density at radius 3 is 3.00 bits per heavy atom. The summed E-state index contributed by atoms with van der Waals surface area (Å²) in [5.41, 5.74) is -0.248. The van der Waals surface area contributed by atoms with E-state index in [1.165, 1.54) is 15.9 Å². The van der Waals surface area contributed by atoms with Crippen LogP contribution in [0.3, 0.4) is 0 Å². The van der Waals surface area contributed by atoms with Crippen molar-refractivity contribution in [2.45, 2.75) is 6.92 Å². The Morgan fingerprint density at radius 1 is 1.67 bits per heavy atom. The van der Waals surface area contributed by atoms with E-state index in [1.807, 2.05) is 5.38 Å². The van der Waals surface area contributed by atoms with Gasteiger partial charge in [0.1, 0.15) is 5.82 Å². The minimum Gasteiger partial charge on any atom is -0.246 e. The van der Waals surface area contributed by atoms with Crippen LogP contribution in [0.4, 0.5) is 0 Å². The lowest BCUT2D eigenvalue weighted by Gasteiger charge is -1.93. The normalized spacial score (nSPS) is 10.4.